The second-order valence-electron chi connectivity index (χ2n) is 4.23. The van der Waals surface area contributed by atoms with E-state index in [0.29, 0.717) is 0 Å². The topological polar surface area (TPSA) is 37.0 Å². The highest BCUT2D eigenvalue weighted by Gasteiger charge is 2.04. The van der Waals surface area contributed by atoms with E-state index in [1.165, 1.54) is 22.9 Å². The van der Waals surface area contributed by atoms with Crippen LogP contribution in [-0.4, -0.2) is 25.2 Å². The van der Waals surface area contributed by atoms with Crippen molar-refractivity contribution in [2.24, 2.45) is 0 Å². The fourth-order valence-electron chi connectivity index (χ4n) is 2.02. The van der Waals surface area contributed by atoms with E-state index in [0.717, 1.165) is 25.3 Å². The van der Waals surface area contributed by atoms with Gasteiger partial charge in [-0.2, -0.15) is 0 Å². The number of H-pyrrole nitrogens is 1. The zero-order chi connectivity index (χ0) is 12.1. The Hall–Kier alpha value is -1.48. The summed E-state index contributed by atoms with van der Waals surface area (Å²) in [6.07, 6.45) is 4.33. The summed E-state index contributed by atoms with van der Waals surface area (Å²) in [5, 5.41) is 4.69. The summed E-state index contributed by atoms with van der Waals surface area (Å²) < 4.78 is 5.26. The number of hydrogen-bond acceptors (Lipinski definition) is 2. The summed E-state index contributed by atoms with van der Waals surface area (Å²) in [6, 6.07) is 6.15. The van der Waals surface area contributed by atoms with Crippen LogP contribution in [0, 0.1) is 0 Å². The highest BCUT2D eigenvalue weighted by Crippen LogP contribution is 2.23. The van der Waals surface area contributed by atoms with E-state index in [4.69, 9.17) is 4.74 Å². The van der Waals surface area contributed by atoms with Gasteiger partial charge in [0.1, 0.15) is 5.75 Å². The zero-order valence-electron chi connectivity index (χ0n) is 10.5. The lowest BCUT2D eigenvalue weighted by molar-refractivity contribution is 0.415. The first kappa shape index (κ1) is 12.0. The first-order valence-corrected chi connectivity index (χ1v) is 6.20. The van der Waals surface area contributed by atoms with Gasteiger partial charge < -0.3 is 15.0 Å². The molecule has 0 bridgehead atoms. The summed E-state index contributed by atoms with van der Waals surface area (Å²) in [5.74, 6) is 0.917. The minimum absolute atomic E-state index is 0.917. The fourth-order valence-corrected chi connectivity index (χ4v) is 2.02. The van der Waals surface area contributed by atoms with Gasteiger partial charge in [-0.05, 0) is 49.7 Å². The molecule has 0 amide bonds. The van der Waals surface area contributed by atoms with Crippen LogP contribution in [0.15, 0.2) is 24.4 Å². The van der Waals surface area contributed by atoms with Crippen LogP contribution in [0.2, 0.25) is 0 Å². The van der Waals surface area contributed by atoms with Gasteiger partial charge in [0.15, 0.2) is 0 Å². The lowest BCUT2D eigenvalue weighted by Gasteiger charge is -2.03. The van der Waals surface area contributed by atoms with Crippen molar-refractivity contribution in [1.82, 2.24) is 10.3 Å². The molecule has 1 aromatic heterocycles. The van der Waals surface area contributed by atoms with Gasteiger partial charge in [-0.1, -0.05) is 6.92 Å². The van der Waals surface area contributed by atoms with E-state index >= 15 is 0 Å². The Bertz CT molecular complexity index is 476. The third-order valence-corrected chi connectivity index (χ3v) is 2.97. The van der Waals surface area contributed by atoms with E-state index in [-0.39, 0.29) is 0 Å². The smallest absolute Gasteiger partial charge is 0.119 e. The van der Waals surface area contributed by atoms with E-state index in [1.807, 2.05) is 6.07 Å². The monoisotopic (exact) mass is 232 g/mol. The van der Waals surface area contributed by atoms with Crippen LogP contribution in [0.3, 0.4) is 0 Å². The lowest BCUT2D eigenvalue weighted by Crippen LogP contribution is -2.17. The standard InChI is InChI=1S/C14H20N2O/c1-3-7-15-8-6-11-10-16-14-5-4-12(17-2)9-13(11)14/h4-5,9-10,15-16H,3,6-8H2,1-2H3. The first-order chi connectivity index (χ1) is 8.35. The van der Waals surface area contributed by atoms with E-state index < -0.39 is 0 Å². The van der Waals surface area contributed by atoms with E-state index in [9.17, 15) is 0 Å². The van der Waals surface area contributed by atoms with Crippen molar-refractivity contribution in [2.75, 3.05) is 20.2 Å². The molecular formula is C14H20N2O. The summed E-state index contributed by atoms with van der Waals surface area (Å²) in [6.45, 7) is 4.30. The molecule has 0 unspecified atom stereocenters. The number of aromatic nitrogens is 1. The van der Waals surface area contributed by atoms with Crippen LogP contribution in [0.1, 0.15) is 18.9 Å². The first-order valence-electron chi connectivity index (χ1n) is 6.20. The van der Waals surface area contributed by atoms with Crippen molar-refractivity contribution in [2.45, 2.75) is 19.8 Å². The van der Waals surface area contributed by atoms with Crippen LogP contribution in [0.4, 0.5) is 0 Å². The van der Waals surface area contributed by atoms with Gasteiger partial charge in [-0.3, -0.25) is 0 Å². The Morgan fingerprint density at radius 1 is 1.29 bits per heavy atom. The van der Waals surface area contributed by atoms with Crippen molar-refractivity contribution in [3.8, 4) is 5.75 Å². The lowest BCUT2D eigenvalue weighted by atomic mass is 10.1. The molecule has 0 radical (unpaired) electrons. The predicted molar refractivity (Wildman–Crippen MR) is 71.7 cm³/mol. The van der Waals surface area contributed by atoms with Gasteiger partial charge in [0, 0.05) is 17.1 Å². The highest BCUT2D eigenvalue weighted by atomic mass is 16.5. The number of rotatable bonds is 6. The third-order valence-electron chi connectivity index (χ3n) is 2.97. The average Bonchev–Trinajstić information content (AvgIpc) is 2.77. The number of hydrogen-bond donors (Lipinski definition) is 2. The molecular weight excluding hydrogens is 212 g/mol. The number of benzene rings is 1. The maximum absolute atomic E-state index is 5.26. The number of methoxy groups -OCH3 is 1. The molecule has 92 valence electrons. The van der Waals surface area contributed by atoms with E-state index in [2.05, 4.69) is 35.6 Å². The van der Waals surface area contributed by atoms with Crippen molar-refractivity contribution in [3.05, 3.63) is 30.0 Å². The van der Waals surface area contributed by atoms with Gasteiger partial charge in [0.25, 0.3) is 0 Å². The van der Waals surface area contributed by atoms with Crippen LogP contribution in [0.25, 0.3) is 10.9 Å². The van der Waals surface area contributed by atoms with Crippen molar-refractivity contribution < 1.29 is 4.74 Å². The minimum Gasteiger partial charge on any atom is -0.497 e. The molecule has 0 atom stereocenters. The average molecular weight is 232 g/mol. The number of fused-ring (bicyclic) bond motifs is 1. The SMILES string of the molecule is CCCNCCc1c[nH]c2ccc(OC)cc12. The summed E-state index contributed by atoms with van der Waals surface area (Å²) >= 11 is 0. The number of aromatic amines is 1. The van der Waals surface area contributed by atoms with Crippen molar-refractivity contribution >= 4 is 10.9 Å². The molecule has 0 saturated carbocycles. The Balaban J connectivity index is 2.11. The molecule has 17 heavy (non-hydrogen) atoms. The van der Waals surface area contributed by atoms with E-state index in [1.54, 1.807) is 7.11 Å². The molecule has 2 N–H and O–H groups in total. The minimum atomic E-state index is 0.917. The zero-order valence-corrected chi connectivity index (χ0v) is 10.5. The molecule has 0 aliphatic rings. The number of nitrogens with one attached hydrogen (secondary N) is 2. The molecule has 0 spiro atoms. The van der Waals surface area contributed by atoms with Gasteiger partial charge in [-0.25, -0.2) is 0 Å². The Kier molecular flexibility index (Phi) is 4.04. The Morgan fingerprint density at radius 2 is 2.18 bits per heavy atom. The molecule has 3 nitrogen and oxygen atoms in total. The predicted octanol–water partition coefficient (Wildman–Crippen LogP) is 2.72. The van der Waals surface area contributed by atoms with Crippen LogP contribution < -0.4 is 10.1 Å². The number of ether oxygens (including phenoxy) is 1. The Morgan fingerprint density at radius 3 is 2.94 bits per heavy atom. The van der Waals surface area contributed by atoms with Crippen molar-refractivity contribution in [1.29, 1.82) is 0 Å². The summed E-state index contributed by atoms with van der Waals surface area (Å²) in [4.78, 5) is 3.30. The molecule has 0 fully saturated rings. The second kappa shape index (κ2) is 5.73. The highest BCUT2D eigenvalue weighted by molar-refractivity contribution is 5.84. The fraction of sp³-hybridized carbons (Fsp3) is 0.429. The van der Waals surface area contributed by atoms with Crippen LogP contribution in [0.5, 0.6) is 5.75 Å². The molecule has 0 aliphatic carbocycles. The van der Waals surface area contributed by atoms with Gasteiger partial charge in [-0.15, -0.1) is 0 Å². The molecule has 0 saturated heterocycles. The molecule has 3 heteroatoms. The second-order valence-corrected chi connectivity index (χ2v) is 4.23. The summed E-state index contributed by atoms with van der Waals surface area (Å²) in [5.41, 5.74) is 2.53. The van der Waals surface area contributed by atoms with Crippen LogP contribution in [-0.2, 0) is 6.42 Å². The van der Waals surface area contributed by atoms with Crippen LogP contribution >= 0.6 is 0 Å². The maximum atomic E-state index is 5.26. The molecule has 2 rings (SSSR count). The summed E-state index contributed by atoms with van der Waals surface area (Å²) in [7, 11) is 1.70. The van der Waals surface area contributed by atoms with Gasteiger partial charge >= 0.3 is 0 Å². The van der Waals surface area contributed by atoms with Crippen molar-refractivity contribution in [3.63, 3.8) is 0 Å². The third kappa shape index (κ3) is 2.80. The molecule has 1 aromatic carbocycles. The maximum Gasteiger partial charge on any atom is 0.119 e. The molecule has 2 aromatic rings. The Labute approximate surface area is 102 Å². The largest absolute Gasteiger partial charge is 0.497 e. The molecule has 0 aliphatic heterocycles. The normalized spacial score (nSPS) is 10.9. The van der Waals surface area contributed by atoms with Gasteiger partial charge in [0.05, 0.1) is 7.11 Å². The van der Waals surface area contributed by atoms with Gasteiger partial charge in [0.2, 0.25) is 0 Å². The molecule has 1 heterocycles. The quantitative estimate of drug-likeness (QED) is 0.751.